The summed E-state index contributed by atoms with van der Waals surface area (Å²) in [4.78, 5) is 50.6. The molecule has 1 fully saturated rings. The molecule has 1 saturated heterocycles. The summed E-state index contributed by atoms with van der Waals surface area (Å²) in [6, 6.07) is 5.25. The maximum atomic E-state index is 12.7. The molecule has 1 heterocycles. The molecular weight excluding hydrogens is 384 g/mol. The molecule has 0 saturated carbocycles. The molecule has 0 spiro atoms. The fourth-order valence-electron chi connectivity index (χ4n) is 3.50. The van der Waals surface area contributed by atoms with Crippen LogP contribution in [0.2, 0.25) is 0 Å². The first-order chi connectivity index (χ1) is 13.3. The molecule has 2 aliphatic rings. The number of nitrogens with one attached hydrogen (secondary N) is 1. The minimum absolute atomic E-state index is 0.273. The summed E-state index contributed by atoms with van der Waals surface area (Å²) < 4.78 is 4.91. The molecule has 1 aliphatic heterocycles. The number of amides is 3. The van der Waals surface area contributed by atoms with Gasteiger partial charge in [0.1, 0.15) is 6.04 Å². The largest absolute Gasteiger partial charge is 0.462 e. The van der Waals surface area contributed by atoms with E-state index in [0.29, 0.717) is 29.1 Å². The van der Waals surface area contributed by atoms with E-state index in [1.54, 1.807) is 25.1 Å². The van der Waals surface area contributed by atoms with Gasteiger partial charge in [-0.3, -0.25) is 19.3 Å². The number of nitrogens with zero attached hydrogens (tertiary/aromatic N) is 1. The maximum absolute atomic E-state index is 12.7. The Bertz CT molecular complexity index is 849. The fourth-order valence-corrected chi connectivity index (χ4v) is 3.76. The molecule has 0 unspecified atom stereocenters. The van der Waals surface area contributed by atoms with Crippen molar-refractivity contribution in [2.45, 2.75) is 32.7 Å². The summed E-state index contributed by atoms with van der Waals surface area (Å²) >= 11 is 6.02. The molecule has 0 bridgehead atoms. The lowest BCUT2D eigenvalue weighted by atomic mass is 9.85. The van der Waals surface area contributed by atoms with Gasteiger partial charge in [0.2, 0.25) is 17.7 Å². The number of esters is 1. The number of imide groups is 1. The molecule has 8 heteroatoms. The van der Waals surface area contributed by atoms with E-state index in [0.717, 1.165) is 4.90 Å². The van der Waals surface area contributed by atoms with Gasteiger partial charge in [0.05, 0.1) is 24.0 Å². The van der Waals surface area contributed by atoms with Gasteiger partial charge in [-0.15, -0.1) is 0 Å². The SMILES string of the molecule is CCOC(=O)c1ccc(NC(=O)[C@H](C)N2C(=O)[C@@H]3CC=C(Cl)C[C@H]3C2=O)cc1. The highest BCUT2D eigenvalue weighted by Gasteiger charge is 2.51. The van der Waals surface area contributed by atoms with Gasteiger partial charge in [0.15, 0.2) is 0 Å². The van der Waals surface area contributed by atoms with Crippen LogP contribution >= 0.6 is 11.6 Å². The average Bonchev–Trinajstić information content (AvgIpc) is 2.92. The van der Waals surface area contributed by atoms with E-state index in [-0.39, 0.29) is 18.4 Å². The third-order valence-electron chi connectivity index (χ3n) is 5.03. The Morgan fingerprint density at radius 2 is 1.86 bits per heavy atom. The van der Waals surface area contributed by atoms with Gasteiger partial charge in [-0.1, -0.05) is 17.7 Å². The minimum Gasteiger partial charge on any atom is -0.462 e. The zero-order valence-corrected chi connectivity index (χ0v) is 16.4. The van der Waals surface area contributed by atoms with E-state index >= 15 is 0 Å². The van der Waals surface area contributed by atoms with Gasteiger partial charge in [0.25, 0.3) is 0 Å². The molecule has 0 aromatic heterocycles. The number of carbonyl (C=O) groups is 4. The second-order valence-electron chi connectivity index (χ2n) is 6.81. The number of ether oxygens (including phenoxy) is 1. The van der Waals surface area contributed by atoms with Crippen LogP contribution in [0.15, 0.2) is 35.4 Å². The van der Waals surface area contributed by atoms with Crippen LogP contribution in [0.4, 0.5) is 5.69 Å². The lowest BCUT2D eigenvalue weighted by molar-refractivity contribution is -0.146. The third kappa shape index (κ3) is 3.80. The molecule has 1 aromatic rings. The first-order valence-corrected chi connectivity index (χ1v) is 9.50. The number of rotatable bonds is 5. The monoisotopic (exact) mass is 404 g/mol. The van der Waals surface area contributed by atoms with E-state index in [9.17, 15) is 19.2 Å². The highest BCUT2D eigenvalue weighted by atomic mass is 35.5. The summed E-state index contributed by atoms with van der Waals surface area (Å²) in [5.41, 5.74) is 0.817. The lowest BCUT2D eigenvalue weighted by Gasteiger charge is -2.22. The Balaban J connectivity index is 1.67. The van der Waals surface area contributed by atoms with Crippen molar-refractivity contribution in [2.24, 2.45) is 11.8 Å². The lowest BCUT2D eigenvalue weighted by Crippen LogP contribution is -2.46. The van der Waals surface area contributed by atoms with Crippen molar-refractivity contribution in [3.8, 4) is 0 Å². The molecule has 1 aliphatic carbocycles. The van der Waals surface area contributed by atoms with Gasteiger partial charge in [-0.2, -0.15) is 0 Å². The number of benzene rings is 1. The van der Waals surface area contributed by atoms with Crippen LogP contribution in [-0.2, 0) is 19.1 Å². The molecule has 1 N–H and O–H groups in total. The zero-order valence-electron chi connectivity index (χ0n) is 15.6. The van der Waals surface area contributed by atoms with Crippen LogP contribution in [0.1, 0.15) is 37.0 Å². The Morgan fingerprint density at radius 1 is 1.21 bits per heavy atom. The Kier molecular flexibility index (Phi) is 5.84. The van der Waals surface area contributed by atoms with Gasteiger partial charge >= 0.3 is 5.97 Å². The average molecular weight is 405 g/mol. The smallest absolute Gasteiger partial charge is 0.338 e. The van der Waals surface area contributed by atoms with Crippen LogP contribution < -0.4 is 5.32 Å². The first kappa shape index (κ1) is 20.1. The van der Waals surface area contributed by atoms with E-state index in [4.69, 9.17) is 16.3 Å². The Hall–Kier alpha value is -2.67. The van der Waals surface area contributed by atoms with Crippen molar-refractivity contribution < 1.29 is 23.9 Å². The molecule has 148 valence electrons. The number of likely N-dealkylation sites (tertiary alicyclic amines) is 1. The van der Waals surface area contributed by atoms with Gasteiger partial charge in [-0.05, 0) is 51.0 Å². The Morgan fingerprint density at radius 3 is 2.50 bits per heavy atom. The second kappa shape index (κ2) is 8.14. The van der Waals surface area contributed by atoms with Crippen LogP contribution in [0.25, 0.3) is 0 Å². The highest BCUT2D eigenvalue weighted by Crippen LogP contribution is 2.39. The van der Waals surface area contributed by atoms with E-state index in [2.05, 4.69) is 5.32 Å². The van der Waals surface area contributed by atoms with Crippen LogP contribution in [0.5, 0.6) is 0 Å². The quantitative estimate of drug-likeness (QED) is 0.601. The summed E-state index contributed by atoms with van der Waals surface area (Å²) in [5, 5.41) is 3.24. The van der Waals surface area contributed by atoms with Crippen molar-refractivity contribution >= 4 is 41.0 Å². The summed E-state index contributed by atoms with van der Waals surface area (Å²) in [6.45, 7) is 3.51. The van der Waals surface area contributed by atoms with Crippen molar-refractivity contribution in [1.29, 1.82) is 0 Å². The van der Waals surface area contributed by atoms with E-state index in [1.165, 1.54) is 19.1 Å². The third-order valence-corrected chi connectivity index (χ3v) is 5.34. The van der Waals surface area contributed by atoms with Crippen LogP contribution in [-0.4, -0.2) is 41.2 Å². The summed E-state index contributed by atoms with van der Waals surface area (Å²) in [6.07, 6.45) is 2.50. The Labute approximate surface area is 167 Å². The van der Waals surface area contributed by atoms with Gasteiger partial charge in [0, 0.05) is 10.7 Å². The first-order valence-electron chi connectivity index (χ1n) is 9.13. The normalized spacial score (nSPS) is 22.4. The van der Waals surface area contributed by atoms with E-state index in [1.807, 2.05) is 0 Å². The summed E-state index contributed by atoms with van der Waals surface area (Å²) in [7, 11) is 0. The maximum Gasteiger partial charge on any atom is 0.338 e. The molecule has 0 radical (unpaired) electrons. The number of anilines is 1. The topological polar surface area (TPSA) is 92.8 Å². The molecule has 3 atom stereocenters. The molecule has 7 nitrogen and oxygen atoms in total. The molecule has 28 heavy (non-hydrogen) atoms. The van der Waals surface area contributed by atoms with Crippen molar-refractivity contribution in [1.82, 2.24) is 4.90 Å². The number of hydrogen-bond acceptors (Lipinski definition) is 5. The predicted molar refractivity (Wildman–Crippen MR) is 102 cm³/mol. The van der Waals surface area contributed by atoms with Crippen molar-refractivity contribution in [3.63, 3.8) is 0 Å². The number of halogens is 1. The van der Waals surface area contributed by atoms with Gasteiger partial charge in [-0.25, -0.2) is 4.79 Å². The molecule has 3 amide bonds. The molecule has 3 rings (SSSR count). The number of carbonyl (C=O) groups excluding carboxylic acids is 4. The number of fused-ring (bicyclic) bond motifs is 1. The standard InChI is InChI=1S/C20H21ClN2O5/c1-3-28-20(27)12-4-7-14(8-5-12)22-17(24)11(2)23-18(25)15-9-6-13(21)10-16(15)19(23)26/h4-8,11,15-16H,3,9-10H2,1-2H3,(H,22,24)/t11-,15+,16+/m0/s1. The molecule has 1 aromatic carbocycles. The second-order valence-corrected chi connectivity index (χ2v) is 7.30. The van der Waals surface area contributed by atoms with Crippen LogP contribution in [0.3, 0.4) is 0 Å². The minimum atomic E-state index is -0.950. The van der Waals surface area contributed by atoms with Gasteiger partial charge < -0.3 is 10.1 Å². The molecular formula is C20H21ClN2O5. The van der Waals surface area contributed by atoms with Crippen molar-refractivity contribution in [3.05, 3.63) is 40.9 Å². The number of allylic oxidation sites excluding steroid dienone is 2. The van der Waals surface area contributed by atoms with Crippen molar-refractivity contribution in [2.75, 3.05) is 11.9 Å². The fraction of sp³-hybridized carbons (Fsp3) is 0.400. The highest BCUT2D eigenvalue weighted by molar-refractivity contribution is 6.30. The summed E-state index contributed by atoms with van der Waals surface area (Å²) in [5.74, 6) is -2.57. The number of hydrogen-bond donors (Lipinski definition) is 1. The zero-order chi connectivity index (χ0) is 20.4. The van der Waals surface area contributed by atoms with E-state index < -0.39 is 29.8 Å². The predicted octanol–water partition coefficient (Wildman–Crippen LogP) is 2.71. The van der Waals surface area contributed by atoms with Crippen LogP contribution in [0, 0.1) is 11.8 Å².